The van der Waals surface area contributed by atoms with E-state index in [4.69, 9.17) is 14.2 Å². The summed E-state index contributed by atoms with van der Waals surface area (Å²) in [6, 6.07) is 20.1. The summed E-state index contributed by atoms with van der Waals surface area (Å²) in [5, 5.41) is 18.3. The number of nitrogens with zero attached hydrogens (tertiary/aromatic N) is 3. The van der Waals surface area contributed by atoms with Crippen LogP contribution in [0.25, 0.3) is 0 Å². The van der Waals surface area contributed by atoms with Gasteiger partial charge < -0.3 is 19.5 Å². The van der Waals surface area contributed by atoms with Gasteiger partial charge in [-0.2, -0.15) is 5.10 Å². The van der Waals surface area contributed by atoms with Crippen molar-refractivity contribution in [2.24, 2.45) is 0 Å². The fourth-order valence-electron chi connectivity index (χ4n) is 3.44. The van der Waals surface area contributed by atoms with Crippen molar-refractivity contribution in [1.29, 1.82) is 0 Å². The summed E-state index contributed by atoms with van der Waals surface area (Å²) in [4.78, 5) is 23.6. The van der Waals surface area contributed by atoms with E-state index in [9.17, 15) is 14.9 Å². The number of amides is 1. The zero-order valence-corrected chi connectivity index (χ0v) is 20.6. The van der Waals surface area contributed by atoms with Gasteiger partial charge >= 0.3 is 0 Å². The number of nitro benzene ring substituents is 1. The van der Waals surface area contributed by atoms with Crippen molar-refractivity contribution in [3.05, 3.63) is 100 Å². The highest BCUT2D eigenvalue weighted by atomic mass is 16.6. The Balaban J connectivity index is 1.42. The van der Waals surface area contributed by atoms with E-state index in [0.29, 0.717) is 23.2 Å². The third kappa shape index (κ3) is 6.63. The maximum atomic E-state index is 12.8. The number of hydrogen-bond acceptors (Lipinski definition) is 7. The molecule has 1 aromatic heterocycles. The molecule has 0 unspecified atom stereocenters. The number of nitro groups is 1. The van der Waals surface area contributed by atoms with Crippen LogP contribution in [0.15, 0.2) is 79.0 Å². The average Bonchev–Trinajstić information content (AvgIpc) is 3.37. The monoisotopic (exact) mass is 502 g/mol. The zero-order valence-electron chi connectivity index (χ0n) is 20.6. The molecule has 190 valence electrons. The van der Waals surface area contributed by atoms with Crippen LogP contribution in [0.2, 0.25) is 0 Å². The Kier molecular flexibility index (Phi) is 7.68. The number of benzene rings is 3. The number of carbonyl (C=O) groups is 1. The van der Waals surface area contributed by atoms with Gasteiger partial charge in [0.2, 0.25) is 0 Å². The quantitative estimate of drug-likeness (QED) is 0.209. The predicted octanol–water partition coefficient (Wildman–Crippen LogP) is 6.00. The molecule has 0 atom stereocenters. The lowest BCUT2D eigenvalue weighted by Crippen LogP contribution is -2.14. The van der Waals surface area contributed by atoms with Crippen molar-refractivity contribution in [3.8, 4) is 23.0 Å². The van der Waals surface area contributed by atoms with E-state index in [0.717, 1.165) is 0 Å². The number of ether oxygens (including phenoxy) is 3. The van der Waals surface area contributed by atoms with Crippen molar-refractivity contribution in [2.75, 3.05) is 12.4 Å². The summed E-state index contributed by atoms with van der Waals surface area (Å²) >= 11 is 0. The summed E-state index contributed by atoms with van der Waals surface area (Å²) in [5.74, 6) is 1.88. The number of rotatable bonds is 10. The van der Waals surface area contributed by atoms with Crippen LogP contribution in [0.4, 0.5) is 11.4 Å². The molecule has 0 spiro atoms. The molecule has 10 nitrogen and oxygen atoms in total. The van der Waals surface area contributed by atoms with Crippen molar-refractivity contribution < 1.29 is 23.9 Å². The van der Waals surface area contributed by atoms with Gasteiger partial charge in [0.1, 0.15) is 23.0 Å². The van der Waals surface area contributed by atoms with Crippen LogP contribution < -0.4 is 19.5 Å². The fraction of sp³-hybridized carbons (Fsp3) is 0.185. The second-order valence-electron chi connectivity index (χ2n) is 8.44. The number of methoxy groups -OCH3 is 1. The van der Waals surface area contributed by atoms with Gasteiger partial charge in [-0.1, -0.05) is 26.0 Å². The first-order chi connectivity index (χ1) is 17.8. The third-order valence-corrected chi connectivity index (χ3v) is 5.44. The average molecular weight is 503 g/mol. The molecule has 0 fully saturated rings. The molecule has 0 saturated carbocycles. The Morgan fingerprint density at radius 3 is 2.30 bits per heavy atom. The molecule has 3 aromatic carbocycles. The first-order valence-corrected chi connectivity index (χ1v) is 11.5. The summed E-state index contributed by atoms with van der Waals surface area (Å²) in [5.41, 5.74) is 1.30. The number of carbonyl (C=O) groups excluding carboxylic acids is 1. The van der Waals surface area contributed by atoms with E-state index in [2.05, 4.69) is 24.3 Å². The summed E-state index contributed by atoms with van der Waals surface area (Å²) < 4.78 is 18.1. The molecule has 1 heterocycles. The minimum Gasteiger partial charge on any atom is -0.497 e. The summed E-state index contributed by atoms with van der Waals surface area (Å²) in [6.45, 7) is 4.36. The highest BCUT2D eigenvalue weighted by Crippen LogP contribution is 2.30. The van der Waals surface area contributed by atoms with Gasteiger partial charge in [-0.3, -0.25) is 14.9 Å². The molecule has 0 radical (unpaired) electrons. The molecular formula is C27H26N4O6. The molecule has 0 aliphatic carbocycles. The third-order valence-electron chi connectivity index (χ3n) is 5.44. The molecule has 0 bridgehead atoms. The molecule has 10 heteroatoms. The smallest absolute Gasteiger partial charge is 0.276 e. The van der Waals surface area contributed by atoms with Gasteiger partial charge in [-0.05, 0) is 53.9 Å². The van der Waals surface area contributed by atoms with Crippen LogP contribution in [0, 0.1) is 10.1 Å². The SMILES string of the molecule is COc1ccc(Oc2cc(NC(=O)c3ccn(COc4ccc(C(C)C)cc4)n3)cc([N+](=O)[O-])c2)cc1. The van der Waals surface area contributed by atoms with Gasteiger partial charge in [-0.15, -0.1) is 0 Å². The van der Waals surface area contributed by atoms with Gasteiger partial charge in [-0.25, -0.2) is 4.68 Å². The summed E-state index contributed by atoms with van der Waals surface area (Å²) in [6.07, 6.45) is 1.61. The number of nitrogens with one attached hydrogen (secondary N) is 1. The minimum absolute atomic E-state index is 0.116. The second kappa shape index (κ2) is 11.3. The van der Waals surface area contributed by atoms with Crippen molar-refractivity contribution >= 4 is 17.3 Å². The topological polar surface area (TPSA) is 118 Å². The number of anilines is 1. The van der Waals surface area contributed by atoms with Gasteiger partial charge in [0.25, 0.3) is 11.6 Å². The van der Waals surface area contributed by atoms with Gasteiger partial charge in [0.15, 0.2) is 12.4 Å². The molecule has 0 aliphatic rings. The standard InChI is InChI=1S/C27H26N4O6/c1-18(2)19-4-6-23(7-5-19)36-17-30-13-12-26(29-30)27(32)28-20-14-21(31(33)34)16-25(15-20)37-24-10-8-22(35-3)9-11-24/h4-16,18H,17H2,1-3H3,(H,28,32). The lowest BCUT2D eigenvalue weighted by atomic mass is 10.0. The Morgan fingerprint density at radius 2 is 1.65 bits per heavy atom. The highest BCUT2D eigenvalue weighted by Gasteiger charge is 2.16. The molecule has 4 aromatic rings. The van der Waals surface area contributed by atoms with Crippen LogP contribution in [-0.4, -0.2) is 27.7 Å². The molecule has 0 aliphatic heterocycles. The fourth-order valence-corrected chi connectivity index (χ4v) is 3.44. The van der Waals surface area contributed by atoms with E-state index in [1.807, 2.05) is 24.3 Å². The second-order valence-corrected chi connectivity index (χ2v) is 8.44. The van der Waals surface area contributed by atoms with Crippen LogP contribution >= 0.6 is 0 Å². The first kappa shape index (κ1) is 25.2. The van der Waals surface area contributed by atoms with Crippen LogP contribution in [0.1, 0.15) is 35.8 Å². The molecule has 37 heavy (non-hydrogen) atoms. The molecule has 0 saturated heterocycles. The first-order valence-electron chi connectivity index (χ1n) is 11.5. The Bertz CT molecular complexity index is 1380. The predicted molar refractivity (Wildman–Crippen MR) is 138 cm³/mol. The zero-order chi connectivity index (χ0) is 26.4. The van der Waals surface area contributed by atoms with Crippen LogP contribution in [-0.2, 0) is 6.73 Å². The molecule has 1 amide bonds. The van der Waals surface area contributed by atoms with Gasteiger partial charge in [0.05, 0.1) is 23.8 Å². The van der Waals surface area contributed by atoms with E-state index in [1.165, 1.54) is 34.5 Å². The maximum absolute atomic E-state index is 12.8. The highest BCUT2D eigenvalue weighted by molar-refractivity contribution is 6.03. The van der Waals surface area contributed by atoms with E-state index in [-0.39, 0.29) is 29.5 Å². The molecular weight excluding hydrogens is 476 g/mol. The van der Waals surface area contributed by atoms with Crippen molar-refractivity contribution in [2.45, 2.75) is 26.5 Å². The minimum atomic E-state index is -0.559. The number of non-ortho nitro benzene ring substituents is 1. The Morgan fingerprint density at radius 1 is 0.973 bits per heavy atom. The van der Waals surface area contributed by atoms with Gasteiger partial charge in [0, 0.05) is 18.3 Å². The van der Waals surface area contributed by atoms with Crippen LogP contribution in [0.5, 0.6) is 23.0 Å². The normalized spacial score (nSPS) is 10.7. The van der Waals surface area contributed by atoms with Crippen molar-refractivity contribution in [3.63, 3.8) is 0 Å². The lowest BCUT2D eigenvalue weighted by Gasteiger charge is -2.10. The van der Waals surface area contributed by atoms with Crippen molar-refractivity contribution in [1.82, 2.24) is 9.78 Å². The number of hydrogen-bond donors (Lipinski definition) is 1. The Hall–Kier alpha value is -4.86. The van der Waals surface area contributed by atoms with Crippen LogP contribution in [0.3, 0.4) is 0 Å². The number of aromatic nitrogens is 2. The molecule has 1 N–H and O–H groups in total. The van der Waals surface area contributed by atoms with E-state index in [1.54, 1.807) is 37.6 Å². The largest absolute Gasteiger partial charge is 0.497 e. The summed E-state index contributed by atoms with van der Waals surface area (Å²) in [7, 11) is 1.55. The van der Waals surface area contributed by atoms with E-state index < -0.39 is 10.8 Å². The maximum Gasteiger partial charge on any atom is 0.276 e. The molecule has 4 rings (SSSR count). The Labute approximate surface area is 213 Å². The lowest BCUT2D eigenvalue weighted by molar-refractivity contribution is -0.384. The van der Waals surface area contributed by atoms with E-state index >= 15 is 0 Å².